The standard InChI is InChI=1S/C13H16ClNO/c14-12-6-4-10(5-7-12)9-11-3-1-2-8-15-13(11)16/h4-7,11H,1-3,8-9H2,(H,15,16). The third-order valence-electron chi connectivity index (χ3n) is 3.04. The van der Waals surface area contributed by atoms with Crippen LogP contribution in [-0.4, -0.2) is 12.5 Å². The molecule has 1 heterocycles. The van der Waals surface area contributed by atoms with Gasteiger partial charge in [-0.25, -0.2) is 0 Å². The van der Waals surface area contributed by atoms with Crippen LogP contribution in [0.4, 0.5) is 0 Å². The van der Waals surface area contributed by atoms with Crippen molar-refractivity contribution in [2.75, 3.05) is 6.54 Å². The SMILES string of the molecule is O=C1NCCCCC1Cc1ccc(Cl)cc1. The van der Waals surface area contributed by atoms with Crippen LogP contribution in [0.2, 0.25) is 5.02 Å². The monoisotopic (exact) mass is 237 g/mol. The summed E-state index contributed by atoms with van der Waals surface area (Å²) in [7, 11) is 0. The first-order valence-corrected chi connectivity index (χ1v) is 6.15. The minimum absolute atomic E-state index is 0.128. The smallest absolute Gasteiger partial charge is 0.223 e. The number of benzene rings is 1. The van der Waals surface area contributed by atoms with Gasteiger partial charge >= 0.3 is 0 Å². The summed E-state index contributed by atoms with van der Waals surface area (Å²) in [6.07, 6.45) is 4.05. The Kier molecular flexibility index (Phi) is 3.83. The van der Waals surface area contributed by atoms with Crippen LogP contribution in [0, 0.1) is 5.92 Å². The van der Waals surface area contributed by atoms with Gasteiger partial charge < -0.3 is 5.32 Å². The molecule has 0 radical (unpaired) electrons. The van der Waals surface area contributed by atoms with Crippen LogP contribution in [-0.2, 0) is 11.2 Å². The molecule has 1 amide bonds. The fraction of sp³-hybridized carbons (Fsp3) is 0.462. The van der Waals surface area contributed by atoms with E-state index in [2.05, 4.69) is 5.32 Å². The van der Waals surface area contributed by atoms with E-state index in [9.17, 15) is 4.79 Å². The molecule has 16 heavy (non-hydrogen) atoms. The number of carbonyl (C=O) groups excluding carboxylic acids is 1. The van der Waals surface area contributed by atoms with Gasteiger partial charge in [-0.15, -0.1) is 0 Å². The zero-order valence-electron chi connectivity index (χ0n) is 9.21. The normalized spacial score (nSPS) is 21.3. The molecule has 0 aliphatic carbocycles. The summed E-state index contributed by atoms with van der Waals surface area (Å²) < 4.78 is 0. The molecule has 1 unspecified atom stereocenters. The van der Waals surface area contributed by atoms with Gasteiger partial charge in [-0.05, 0) is 37.0 Å². The van der Waals surface area contributed by atoms with Crippen molar-refractivity contribution < 1.29 is 4.79 Å². The first kappa shape index (κ1) is 11.5. The molecule has 1 N–H and O–H groups in total. The Bertz CT molecular complexity index is 361. The first-order valence-electron chi connectivity index (χ1n) is 5.78. The predicted octanol–water partition coefficient (Wildman–Crippen LogP) is 2.80. The number of rotatable bonds is 2. The maximum absolute atomic E-state index is 11.7. The molecule has 0 bridgehead atoms. The largest absolute Gasteiger partial charge is 0.356 e. The van der Waals surface area contributed by atoms with Crippen molar-refractivity contribution in [3.63, 3.8) is 0 Å². The van der Waals surface area contributed by atoms with Gasteiger partial charge in [0.2, 0.25) is 5.91 Å². The van der Waals surface area contributed by atoms with Crippen LogP contribution < -0.4 is 5.32 Å². The van der Waals surface area contributed by atoms with Crippen molar-refractivity contribution in [2.24, 2.45) is 5.92 Å². The van der Waals surface area contributed by atoms with Crippen molar-refractivity contribution >= 4 is 17.5 Å². The summed E-state index contributed by atoms with van der Waals surface area (Å²) in [6, 6.07) is 7.76. The molecule has 1 aliphatic rings. The molecule has 1 atom stereocenters. The molecule has 2 rings (SSSR count). The number of carbonyl (C=O) groups is 1. The summed E-state index contributed by atoms with van der Waals surface area (Å²) in [4.78, 5) is 11.7. The van der Waals surface area contributed by atoms with Gasteiger partial charge in [-0.2, -0.15) is 0 Å². The molecule has 0 spiro atoms. The van der Waals surface area contributed by atoms with Gasteiger partial charge in [0.1, 0.15) is 0 Å². The highest BCUT2D eigenvalue weighted by molar-refractivity contribution is 6.30. The fourth-order valence-corrected chi connectivity index (χ4v) is 2.23. The lowest BCUT2D eigenvalue weighted by atomic mass is 9.94. The molecule has 0 aromatic heterocycles. The van der Waals surface area contributed by atoms with Gasteiger partial charge in [-0.1, -0.05) is 30.2 Å². The zero-order valence-corrected chi connectivity index (χ0v) is 9.96. The third-order valence-corrected chi connectivity index (χ3v) is 3.30. The third kappa shape index (κ3) is 2.99. The van der Waals surface area contributed by atoms with E-state index in [1.54, 1.807) is 0 Å². The van der Waals surface area contributed by atoms with Crippen molar-refractivity contribution in [3.05, 3.63) is 34.9 Å². The van der Waals surface area contributed by atoms with Crippen LogP contribution in [0.5, 0.6) is 0 Å². The molecule has 2 nitrogen and oxygen atoms in total. The van der Waals surface area contributed by atoms with Crippen LogP contribution in [0.15, 0.2) is 24.3 Å². The average Bonchev–Trinajstić information content (AvgIpc) is 2.48. The Morgan fingerprint density at radius 3 is 2.75 bits per heavy atom. The summed E-state index contributed by atoms with van der Waals surface area (Å²) in [5, 5.41) is 3.71. The van der Waals surface area contributed by atoms with Gasteiger partial charge in [0.15, 0.2) is 0 Å². The fourth-order valence-electron chi connectivity index (χ4n) is 2.10. The maximum atomic E-state index is 11.7. The van der Waals surface area contributed by atoms with E-state index in [-0.39, 0.29) is 11.8 Å². The van der Waals surface area contributed by atoms with Crippen molar-refractivity contribution in [2.45, 2.75) is 25.7 Å². The molecule has 3 heteroatoms. The van der Waals surface area contributed by atoms with Gasteiger partial charge in [-0.3, -0.25) is 4.79 Å². The molecular formula is C13H16ClNO. The summed E-state index contributed by atoms with van der Waals surface area (Å²) in [5.41, 5.74) is 1.19. The zero-order chi connectivity index (χ0) is 11.4. The van der Waals surface area contributed by atoms with Crippen LogP contribution >= 0.6 is 11.6 Å². The maximum Gasteiger partial charge on any atom is 0.223 e. The van der Waals surface area contributed by atoms with Crippen LogP contribution in [0.25, 0.3) is 0 Å². The van der Waals surface area contributed by atoms with E-state index in [0.29, 0.717) is 0 Å². The lowest BCUT2D eigenvalue weighted by Gasteiger charge is -2.12. The Labute approximate surface area is 101 Å². The highest BCUT2D eigenvalue weighted by Crippen LogP contribution is 2.19. The number of halogens is 1. The van der Waals surface area contributed by atoms with E-state index >= 15 is 0 Å². The highest BCUT2D eigenvalue weighted by atomic mass is 35.5. The number of hydrogen-bond donors (Lipinski definition) is 1. The molecule has 1 aromatic rings. The molecule has 1 fully saturated rings. The van der Waals surface area contributed by atoms with Crippen molar-refractivity contribution in [3.8, 4) is 0 Å². The van der Waals surface area contributed by atoms with E-state index in [0.717, 1.165) is 37.3 Å². The number of amides is 1. The van der Waals surface area contributed by atoms with Gasteiger partial charge in [0.05, 0.1) is 0 Å². The molecule has 0 saturated carbocycles. The summed E-state index contributed by atoms with van der Waals surface area (Å²) in [5.74, 6) is 0.330. The Balaban J connectivity index is 2.02. The number of hydrogen-bond acceptors (Lipinski definition) is 1. The topological polar surface area (TPSA) is 29.1 Å². The first-order chi connectivity index (χ1) is 7.75. The van der Waals surface area contributed by atoms with Gasteiger partial charge in [0.25, 0.3) is 0 Å². The van der Waals surface area contributed by atoms with E-state index in [1.165, 1.54) is 5.56 Å². The summed E-state index contributed by atoms with van der Waals surface area (Å²) in [6.45, 7) is 0.829. The minimum atomic E-state index is 0.128. The molecule has 1 saturated heterocycles. The quantitative estimate of drug-likeness (QED) is 0.842. The lowest BCUT2D eigenvalue weighted by Crippen LogP contribution is -2.30. The molecule has 86 valence electrons. The van der Waals surface area contributed by atoms with E-state index in [4.69, 9.17) is 11.6 Å². The second kappa shape index (κ2) is 5.35. The number of nitrogens with one attached hydrogen (secondary N) is 1. The molecular weight excluding hydrogens is 222 g/mol. The van der Waals surface area contributed by atoms with E-state index in [1.807, 2.05) is 24.3 Å². The lowest BCUT2D eigenvalue weighted by molar-refractivity contribution is -0.124. The van der Waals surface area contributed by atoms with Crippen LogP contribution in [0.3, 0.4) is 0 Å². The predicted molar refractivity (Wildman–Crippen MR) is 65.5 cm³/mol. The molecule has 1 aromatic carbocycles. The second-order valence-electron chi connectivity index (χ2n) is 4.31. The summed E-state index contributed by atoms with van der Waals surface area (Å²) >= 11 is 5.83. The second-order valence-corrected chi connectivity index (χ2v) is 4.75. The van der Waals surface area contributed by atoms with Crippen LogP contribution in [0.1, 0.15) is 24.8 Å². The van der Waals surface area contributed by atoms with Gasteiger partial charge in [0, 0.05) is 17.5 Å². The van der Waals surface area contributed by atoms with E-state index < -0.39 is 0 Å². The Morgan fingerprint density at radius 2 is 2.00 bits per heavy atom. The highest BCUT2D eigenvalue weighted by Gasteiger charge is 2.20. The Hall–Kier alpha value is -1.02. The van der Waals surface area contributed by atoms with Crippen molar-refractivity contribution in [1.82, 2.24) is 5.32 Å². The molecule has 1 aliphatic heterocycles. The Morgan fingerprint density at radius 1 is 1.25 bits per heavy atom. The minimum Gasteiger partial charge on any atom is -0.356 e. The average molecular weight is 238 g/mol. The van der Waals surface area contributed by atoms with Crippen molar-refractivity contribution in [1.29, 1.82) is 0 Å².